The molecule has 1 rings (SSSR count). The molecule has 14 heavy (non-hydrogen) atoms. The number of halogens is 1. The minimum absolute atomic E-state index is 0.456. The maximum Gasteiger partial charge on any atom is 0.0343 e. The Labute approximate surface area is 95.0 Å². The van der Waals surface area contributed by atoms with Gasteiger partial charge in [-0.3, -0.25) is 0 Å². The van der Waals surface area contributed by atoms with Crippen LogP contribution in [-0.2, 0) is 0 Å². The first-order valence-corrected chi connectivity index (χ1v) is 5.93. The highest BCUT2D eigenvalue weighted by atomic mass is 79.9. The number of hydrogen-bond donors (Lipinski definition) is 1. The molecular weight excluding hydrogens is 238 g/mol. The Morgan fingerprint density at radius 1 is 1.36 bits per heavy atom. The van der Waals surface area contributed by atoms with Crippen molar-refractivity contribution in [2.24, 2.45) is 5.92 Å². The zero-order valence-electron chi connectivity index (χ0n) is 9.05. The predicted octanol–water partition coefficient (Wildman–Crippen LogP) is 3.76. The van der Waals surface area contributed by atoms with Crippen molar-refractivity contribution in [2.75, 3.05) is 6.54 Å². The van der Waals surface area contributed by atoms with Crippen LogP contribution in [0, 0.1) is 5.92 Å². The molecule has 0 saturated carbocycles. The fourth-order valence-corrected chi connectivity index (χ4v) is 2.08. The minimum atomic E-state index is 0.456. The number of benzene rings is 1. The monoisotopic (exact) mass is 255 g/mol. The summed E-state index contributed by atoms with van der Waals surface area (Å²) in [5.41, 5.74) is 1.36. The molecule has 0 fully saturated rings. The summed E-state index contributed by atoms with van der Waals surface area (Å²) in [5, 5.41) is 3.50. The van der Waals surface area contributed by atoms with Gasteiger partial charge in [0, 0.05) is 10.5 Å². The molecule has 2 heteroatoms. The van der Waals surface area contributed by atoms with Crippen molar-refractivity contribution in [1.29, 1.82) is 0 Å². The number of hydrogen-bond acceptors (Lipinski definition) is 1. The van der Waals surface area contributed by atoms with Crippen LogP contribution in [-0.4, -0.2) is 6.54 Å². The first-order chi connectivity index (χ1) is 6.65. The van der Waals surface area contributed by atoms with E-state index in [-0.39, 0.29) is 0 Å². The highest BCUT2D eigenvalue weighted by Gasteiger charge is 2.13. The summed E-state index contributed by atoms with van der Waals surface area (Å²) in [6.45, 7) is 7.64. The van der Waals surface area contributed by atoms with Crippen molar-refractivity contribution in [3.63, 3.8) is 0 Å². The van der Waals surface area contributed by atoms with Crippen molar-refractivity contribution in [3.8, 4) is 0 Å². The van der Waals surface area contributed by atoms with Gasteiger partial charge in [-0.1, -0.05) is 48.8 Å². The smallest absolute Gasteiger partial charge is 0.0343 e. The van der Waals surface area contributed by atoms with Crippen LogP contribution in [0.25, 0.3) is 0 Å². The summed E-state index contributed by atoms with van der Waals surface area (Å²) in [4.78, 5) is 0. The van der Waals surface area contributed by atoms with E-state index < -0.39 is 0 Å². The molecule has 1 N–H and O–H groups in total. The van der Waals surface area contributed by atoms with E-state index in [2.05, 4.69) is 66.3 Å². The van der Waals surface area contributed by atoms with E-state index in [1.807, 2.05) is 0 Å². The van der Waals surface area contributed by atoms with Crippen molar-refractivity contribution in [2.45, 2.75) is 26.8 Å². The van der Waals surface area contributed by atoms with Gasteiger partial charge in [0.2, 0.25) is 0 Å². The molecule has 0 aromatic heterocycles. The summed E-state index contributed by atoms with van der Waals surface area (Å²) < 4.78 is 1.15. The zero-order chi connectivity index (χ0) is 10.6. The minimum Gasteiger partial charge on any atom is -0.310 e. The molecule has 78 valence electrons. The predicted molar refractivity (Wildman–Crippen MR) is 65.4 cm³/mol. The molecule has 1 unspecified atom stereocenters. The lowest BCUT2D eigenvalue weighted by Crippen LogP contribution is -2.25. The van der Waals surface area contributed by atoms with E-state index in [0.29, 0.717) is 12.0 Å². The van der Waals surface area contributed by atoms with Gasteiger partial charge in [0.05, 0.1) is 0 Å². The average Bonchev–Trinajstić information content (AvgIpc) is 2.13. The quantitative estimate of drug-likeness (QED) is 0.864. The summed E-state index contributed by atoms with van der Waals surface area (Å²) in [6.07, 6.45) is 0. The molecule has 0 aliphatic heterocycles. The van der Waals surface area contributed by atoms with Crippen LogP contribution in [0.1, 0.15) is 32.4 Å². The second-order valence-electron chi connectivity index (χ2n) is 3.83. The molecule has 0 radical (unpaired) electrons. The van der Waals surface area contributed by atoms with E-state index in [9.17, 15) is 0 Å². The standard InChI is InChI=1S/C12H18BrN/c1-4-14-12(9(2)3)10-6-5-7-11(13)8-10/h5-9,12,14H,4H2,1-3H3. The van der Waals surface area contributed by atoms with Crippen LogP contribution in [0.15, 0.2) is 28.7 Å². The summed E-state index contributed by atoms with van der Waals surface area (Å²) in [5.74, 6) is 0.615. The lowest BCUT2D eigenvalue weighted by atomic mass is 9.96. The largest absolute Gasteiger partial charge is 0.310 e. The first kappa shape index (κ1) is 11.7. The fourth-order valence-electron chi connectivity index (χ4n) is 1.66. The molecule has 1 aromatic rings. The number of rotatable bonds is 4. The van der Waals surface area contributed by atoms with Crippen LogP contribution < -0.4 is 5.32 Å². The van der Waals surface area contributed by atoms with Crippen LogP contribution >= 0.6 is 15.9 Å². The molecule has 0 aliphatic carbocycles. The SMILES string of the molecule is CCNC(c1cccc(Br)c1)C(C)C. The Balaban J connectivity index is 2.87. The van der Waals surface area contributed by atoms with E-state index in [4.69, 9.17) is 0 Å². The third kappa shape index (κ3) is 3.10. The first-order valence-electron chi connectivity index (χ1n) is 5.14. The topological polar surface area (TPSA) is 12.0 Å². The van der Waals surface area contributed by atoms with Crippen LogP contribution in [0.5, 0.6) is 0 Å². The molecule has 0 spiro atoms. The molecule has 1 nitrogen and oxygen atoms in total. The van der Waals surface area contributed by atoms with Crippen molar-refractivity contribution < 1.29 is 0 Å². The molecule has 1 atom stereocenters. The van der Waals surface area contributed by atoms with Crippen LogP contribution in [0.4, 0.5) is 0 Å². The second-order valence-corrected chi connectivity index (χ2v) is 4.75. The maximum absolute atomic E-state index is 3.50. The van der Waals surface area contributed by atoms with Gasteiger partial charge in [0.15, 0.2) is 0 Å². The lowest BCUT2D eigenvalue weighted by molar-refractivity contribution is 0.421. The van der Waals surface area contributed by atoms with Crippen LogP contribution in [0.2, 0.25) is 0 Å². The molecule has 0 aliphatic rings. The van der Waals surface area contributed by atoms with Crippen molar-refractivity contribution in [1.82, 2.24) is 5.32 Å². The van der Waals surface area contributed by atoms with E-state index >= 15 is 0 Å². The molecule has 0 amide bonds. The Bertz CT molecular complexity index is 283. The second kappa shape index (κ2) is 5.52. The number of nitrogens with one attached hydrogen (secondary N) is 1. The van der Waals surface area contributed by atoms with Gasteiger partial charge in [0.1, 0.15) is 0 Å². The third-order valence-electron chi connectivity index (χ3n) is 2.30. The lowest BCUT2D eigenvalue weighted by Gasteiger charge is -2.22. The van der Waals surface area contributed by atoms with E-state index in [1.165, 1.54) is 5.56 Å². The highest BCUT2D eigenvalue weighted by molar-refractivity contribution is 9.10. The summed E-state index contributed by atoms with van der Waals surface area (Å²) in [7, 11) is 0. The van der Waals surface area contributed by atoms with E-state index in [1.54, 1.807) is 0 Å². The van der Waals surface area contributed by atoms with Gasteiger partial charge >= 0.3 is 0 Å². The summed E-state index contributed by atoms with van der Waals surface area (Å²) >= 11 is 3.50. The Kier molecular flexibility index (Phi) is 4.63. The van der Waals surface area contributed by atoms with Gasteiger partial charge in [-0.2, -0.15) is 0 Å². The van der Waals surface area contributed by atoms with Crippen molar-refractivity contribution in [3.05, 3.63) is 34.3 Å². The van der Waals surface area contributed by atoms with Gasteiger partial charge < -0.3 is 5.32 Å². The zero-order valence-corrected chi connectivity index (χ0v) is 10.6. The van der Waals surface area contributed by atoms with Crippen LogP contribution in [0.3, 0.4) is 0 Å². The molecule has 0 saturated heterocycles. The van der Waals surface area contributed by atoms with Gasteiger partial charge in [0.25, 0.3) is 0 Å². The van der Waals surface area contributed by atoms with Gasteiger partial charge in [-0.25, -0.2) is 0 Å². The Hall–Kier alpha value is -0.340. The van der Waals surface area contributed by atoms with Gasteiger partial charge in [-0.15, -0.1) is 0 Å². The normalized spacial score (nSPS) is 13.2. The maximum atomic E-state index is 3.50. The molecular formula is C12H18BrN. The Morgan fingerprint density at radius 3 is 2.57 bits per heavy atom. The molecule has 0 heterocycles. The third-order valence-corrected chi connectivity index (χ3v) is 2.79. The summed E-state index contributed by atoms with van der Waals surface area (Å²) in [6, 6.07) is 8.97. The fraction of sp³-hybridized carbons (Fsp3) is 0.500. The van der Waals surface area contributed by atoms with Gasteiger partial charge in [-0.05, 0) is 30.2 Å². The van der Waals surface area contributed by atoms with E-state index in [0.717, 1.165) is 11.0 Å². The Morgan fingerprint density at radius 2 is 2.07 bits per heavy atom. The molecule has 0 bridgehead atoms. The highest BCUT2D eigenvalue weighted by Crippen LogP contribution is 2.23. The van der Waals surface area contributed by atoms with Crippen molar-refractivity contribution >= 4 is 15.9 Å². The molecule has 1 aromatic carbocycles. The average molecular weight is 256 g/mol.